The molecule has 1 N–H and O–H groups in total. The van der Waals surface area contributed by atoms with Crippen LogP contribution in [0.25, 0.3) is 0 Å². The number of hydrogen-bond acceptors (Lipinski definition) is 4. The molecule has 0 unspecified atom stereocenters. The maximum absolute atomic E-state index is 13.7. The second kappa shape index (κ2) is 6.90. The van der Waals surface area contributed by atoms with Gasteiger partial charge < -0.3 is 14.6 Å². The number of amides is 1. The minimum absolute atomic E-state index is 0.248. The van der Waals surface area contributed by atoms with Crippen molar-refractivity contribution in [2.45, 2.75) is 45.1 Å². The lowest BCUT2D eigenvalue weighted by Crippen LogP contribution is -2.42. The van der Waals surface area contributed by atoms with Crippen molar-refractivity contribution in [3.05, 3.63) is 53.7 Å². The molecule has 5 nitrogen and oxygen atoms in total. The van der Waals surface area contributed by atoms with Gasteiger partial charge in [-0.25, -0.2) is 4.98 Å². The molecule has 1 aromatic carbocycles. The molecule has 0 radical (unpaired) electrons. The fraction of sp³-hybridized carbons (Fsp3) is 0.368. The van der Waals surface area contributed by atoms with Crippen molar-refractivity contribution in [2.24, 2.45) is 0 Å². The SMILES string of the molecule is CC1(C)OB(c2c(C(F)(F)F)ccnc2NC(=O)c2ccccc2)OC1(C)C. The van der Waals surface area contributed by atoms with Gasteiger partial charge in [-0.3, -0.25) is 4.79 Å². The number of halogens is 3. The van der Waals surface area contributed by atoms with Crippen LogP contribution in [0.1, 0.15) is 43.6 Å². The minimum atomic E-state index is -4.67. The highest BCUT2D eigenvalue weighted by molar-refractivity contribution is 6.64. The number of aromatic nitrogens is 1. The molecule has 1 aliphatic heterocycles. The van der Waals surface area contributed by atoms with Gasteiger partial charge in [-0.1, -0.05) is 18.2 Å². The number of nitrogens with zero attached hydrogens (tertiary/aromatic N) is 1. The Kier molecular flexibility index (Phi) is 5.01. The maximum atomic E-state index is 13.7. The van der Waals surface area contributed by atoms with Gasteiger partial charge in [-0.05, 0) is 45.9 Å². The molecule has 1 fully saturated rings. The molecule has 0 spiro atoms. The van der Waals surface area contributed by atoms with Crippen LogP contribution >= 0.6 is 0 Å². The second-order valence-corrected chi connectivity index (χ2v) is 7.53. The average Bonchev–Trinajstić information content (AvgIpc) is 2.82. The lowest BCUT2D eigenvalue weighted by Gasteiger charge is -2.32. The average molecular weight is 392 g/mol. The molecule has 0 aliphatic carbocycles. The van der Waals surface area contributed by atoms with E-state index in [1.165, 1.54) is 0 Å². The number of benzene rings is 1. The topological polar surface area (TPSA) is 60.5 Å². The second-order valence-electron chi connectivity index (χ2n) is 7.53. The van der Waals surface area contributed by atoms with Crippen LogP contribution in [0.15, 0.2) is 42.6 Å². The molecule has 1 amide bonds. The summed E-state index contributed by atoms with van der Waals surface area (Å²) in [5, 5.41) is 2.46. The predicted molar refractivity (Wildman–Crippen MR) is 99.4 cm³/mol. The van der Waals surface area contributed by atoms with Crippen LogP contribution in [0.3, 0.4) is 0 Å². The zero-order chi connectivity index (χ0) is 20.7. The molecule has 2 heterocycles. The Balaban J connectivity index is 2.05. The number of carbonyl (C=O) groups excluding carboxylic acids is 1. The smallest absolute Gasteiger partial charge is 0.399 e. The van der Waals surface area contributed by atoms with Crippen molar-refractivity contribution in [3.8, 4) is 0 Å². The summed E-state index contributed by atoms with van der Waals surface area (Å²) in [7, 11) is -1.33. The standard InChI is InChI=1S/C19H20BF3N2O3/c1-17(2)18(3,4)28-20(27-17)14-13(19(21,22)23)10-11-24-15(14)25-16(26)12-8-6-5-7-9-12/h5-11H,1-4H3,(H,24,25,26). The van der Waals surface area contributed by atoms with Crippen LogP contribution in [0.5, 0.6) is 0 Å². The van der Waals surface area contributed by atoms with Gasteiger partial charge in [0.2, 0.25) is 0 Å². The monoisotopic (exact) mass is 392 g/mol. The van der Waals surface area contributed by atoms with Gasteiger partial charge in [-0.2, -0.15) is 13.2 Å². The summed E-state index contributed by atoms with van der Waals surface area (Å²) < 4.78 is 52.6. The van der Waals surface area contributed by atoms with Crippen molar-refractivity contribution in [1.29, 1.82) is 0 Å². The van der Waals surface area contributed by atoms with E-state index in [2.05, 4.69) is 10.3 Å². The fourth-order valence-electron chi connectivity index (χ4n) is 2.79. The third-order valence-corrected chi connectivity index (χ3v) is 5.05. The predicted octanol–water partition coefficient (Wildman–Crippen LogP) is 3.65. The molecule has 1 aromatic heterocycles. The van der Waals surface area contributed by atoms with E-state index in [9.17, 15) is 18.0 Å². The van der Waals surface area contributed by atoms with Crippen LogP contribution in [0, 0.1) is 0 Å². The van der Waals surface area contributed by atoms with Gasteiger partial charge in [0.25, 0.3) is 5.91 Å². The van der Waals surface area contributed by atoms with Gasteiger partial charge in [0.05, 0.1) is 16.8 Å². The Labute approximate surface area is 161 Å². The molecule has 1 saturated heterocycles. The number of rotatable bonds is 3. The van der Waals surface area contributed by atoms with Gasteiger partial charge >= 0.3 is 13.3 Å². The zero-order valence-electron chi connectivity index (χ0n) is 15.9. The van der Waals surface area contributed by atoms with Crippen LogP contribution in [0.2, 0.25) is 0 Å². The summed E-state index contributed by atoms with van der Waals surface area (Å²) >= 11 is 0. The first-order valence-electron chi connectivity index (χ1n) is 8.70. The highest BCUT2D eigenvalue weighted by Crippen LogP contribution is 2.38. The number of carbonyl (C=O) groups is 1. The Morgan fingerprint density at radius 3 is 2.14 bits per heavy atom. The van der Waals surface area contributed by atoms with Gasteiger partial charge in [0.1, 0.15) is 5.82 Å². The number of alkyl halides is 3. The summed E-state index contributed by atoms with van der Waals surface area (Å²) in [4.78, 5) is 16.4. The van der Waals surface area contributed by atoms with Crippen LogP contribution in [0.4, 0.5) is 19.0 Å². The van der Waals surface area contributed by atoms with Crippen molar-refractivity contribution in [2.75, 3.05) is 5.32 Å². The molecule has 148 valence electrons. The number of pyridine rings is 1. The maximum Gasteiger partial charge on any atom is 0.499 e. The van der Waals surface area contributed by atoms with E-state index in [1.54, 1.807) is 58.0 Å². The normalized spacial score (nSPS) is 18.2. The molecule has 3 rings (SSSR count). The highest BCUT2D eigenvalue weighted by atomic mass is 19.4. The summed E-state index contributed by atoms with van der Waals surface area (Å²) in [5.41, 5.74) is -2.72. The van der Waals surface area contributed by atoms with Crippen molar-refractivity contribution >= 4 is 24.3 Å². The van der Waals surface area contributed by atoms with Crippen molar-refractivity contribution < 1.29 is 27.3 Å². The quantitative estimate of drug-likeness (QED) is 0.811. The fourth-order valence-corrected chi connectivity index (χ4v) is 2.79. The van der Waals surface area contributed by atoms with E-state index in [4.69, 9.17) is 9.31 Å². The molecule has 28 heavy (non-hydrogen) atoms. The Hall–Kier alpha value is -2.39. The van der Waals surface area contributed by atoms with Gasteiger partial charge in [0, 0.05) is 17.2 Å². The first-order chi connectivity index (χ1) is 12.9. The first-order valence-corrected chi connectivity index (χ1v) is 8.70. The van der Waals surface area contributed by atoms with E-state index in [-0.39, 0.29) is 11.3 Å². The summed E-state index contributed by atoms with van der Waals surface area (Å²) in [6.45, 7) is 6.94. The largest absolute Gasteiger partial charge is 0.499 e. The molecule has 1 aliphatic rings. The van der Waals surface area contributed by atoms with E-state index < -0.39 is 36.0 Å². The van der Waals surface area contributed by atoms with E-state index in [0.717, 1.165) is 12.3 Å². The van der Waals surface area contributed by atoms with Crippen LogP contribution < -0.4 is 10.8 Å². The van der Waals surface area contributed by atoms with Crippen LogP contribution in [-0.4, -0.2) is 29.2 Å². The molecule has 0 atom stereocenters. The van der Waals surface area contributed by atoms with Crippen LogP contribution in [-0.2, 0) is 15.5 Å². The summed E-state index contributed by atoms with van der Waals surface area (Å²) in [6.07, 6.45) is -3.67. The third kappa shape index (κ3) is 3.77. The Bertz CT molecular complexity index is 870. The summed E-state index contributed by atoms with van der Waals surface area (Å²) in [5.74, 6) is -0.827. The third-order valence-electron chi connectivity index (χ3n) is 5.05. The molecule has 9 heteroatoms. The van der Waals surface area contributed by atoms with Crippen molar-refractivity contribution in [3.63, 3.8) is 0 Å². The van der Waals surface area contributed by atoms with Gasteiger partial charge in [0.15, 0.2) is 0 Å². The Morgan fingerprint density at radius 2 is 1.61 bits per heavy atom. The number of nitrogens with one attached hydrogen (secondary N) is 1. The number of hydrogen-bond donors (Lipinski definition) is 1. The minimum Gasteiger partial charge on any atom is -0.399 e. The van der Waals surface area contributed by atoms with E-state index in [1.807, 2.05) is 0 Å². The number of anilines is 1. The molecular weight excluding hydrogens is 372 g/mol. The van der Waals surface area contributed by atoms with E-state index >= 15 is 0 Å². The van der Waals surface area contributed by atoms with Gasteiger partial charge in [-0.15, -0.1) is 0 Å². The Morgan fingerprint density at radius 1 is 1.04 bits per heavy atom. The highest BCUT2D eigenvalue weighted by Gasteiger charge is 2.54. The van der Waals surface area contributed by atoms with E-state index in [0.29, 0.717) is 5.56 Å². The molecule has 0 saturated carbocycles. The lowest BCUT2D eigenvalue weighted by atomic mass is 9.75. The zero-order valence-corrected chi connectivity index (χ0v) is 15.9. The first kappa shape index (κ1) is 20.4. The lowest BCUT2D eigenvalue weighted by molar-refractivity contribution is -0.136. The molecule has 2 aromatic rings. The molecule has 0 bridgehead atoms. The molecular formula is C19H20BF3N2O3. The van der Waals surface area contributed by atoms with Crippen molar-refractivity contribution in [1.82, 2.24) is 4.98 Å². The summed E-state index contributed by atoms with van der Waals surface area (Å²) in [6, 6.07) is 9.00.